The third-order valence-corrected chi connectivity index (χ3v) is 14.5. The fourth-order valence-electron chi connectivity index (χ4n) is 9.74. The highest BCUT2D eigenvalue weighted by Crippen LogP contribution is 2.40. The van der Waals surface area contributed by atoms with Gasteiger partial charge in [-0.15, -0.1) is 0 Å². The molecule has 4 aromatic rings. The number of carbonyl (C=O) groups is 3. The number of imide groups is 2. The van der Waals surface area contributed by atoms with Crippen LogP contribution in [0.25, 0.3) is 29.4 Å². The Bertz CT molecular complexity index is 2250. The van der Waals surface area contributed by atoms with Crippen LogP contribution in [-0.4, -0.2) is 37.7 Å². The lowest BCUT2D eigenvalue weighted by molar-refractivity contribution is -0.123. The number of urea groups is 1. The second kappa shape index (κ2) is 38.7. The van der Waals surface area contributed by atoms with E-state index in [1.165, 1.54) is 179 Å². The average molecular weight is 1050 g/mol. The van der Waals surface area contributed by atoms with E-state index in [2.05, 4.69) is 92.1 Å². The van der Waals surface area contributed by atoms with E-state index < -0.39 is 17.8 Å². The van der Waals surface area contributed by atoms with Crippen molar-refractivity contribution >= 4 is 36.1 Å². The Balaban J connectivity index is 1.19. The summed E-state index contributed by atoms with van der Waals surface area (Å²) in [5.74, 6) is 1.62. The molecule has 0 radical (unpaired) electrons. The molecular weight excluding hydrogens is 957 g/mol. The van der Waals surface area contributed by atoms with Crippen molar-refractivity contribution in [2.75, 3.05) is 19.8 Å². The summed E-state index contributed by atoms with van der Waals surface area (Å²) in [6, 6.07) is 27.4. The van der Waals surface area contributed by atoms with E-state index in [1.54, 1.807) is 0 Å². The summed E-state index contributed by atoms with van der Waals surface area (Å²) in [5, 5.41) is 4.20. The van der Waals surface area contributed by atoms with Crippen LogP contribution < -0.4 is 29.6 Å². The number of carbonyl (C=O) groups excluding carboxylic acids is 3. The van der Waals surface area contributed by atoms with Gasteiger partial charge in [-0.3, -0.25) is 20.2 Å². The Morgan fingerprint density at radius 1 is 0.377 bits per heavy atom. The molecule has 9 heteroatoms. The molecule has 1 fully saturated rings. The summed E-state index contributed by atoms with van der Waals surface area (Å²) in [6.45, 7) is 9.17. The zero-order valence-corrected chi connectivity index (χ0v) is 47.7. The van der Waals surface area contributed by atoms with Gasteiger partial charge in [0.15, 0.2) is 11.5 Å². The Morgan fingerprint density at radius 2 is 0.714 bits per heavy atom. The molecule has 1 aliphatic rings. The molecule has 9 nitrogen and oxygen atoms in total. The Morgan fingerprint density at radius 3 is 1.10 bits per heavy atom. The molecule has 4 amide bonds. The van der Waals surface area contributed by atoms with Crippen molar-refractivity contribution in [3.8, 4) is 34.1 Å². The molecule has 1 heterocycles. The first-order chi connectivity index (χ1) is 37.9. The number of unbranched alkanes of at least 4 members (excludes halogenated alkanes) is 27. The molecule has 0 unspecified atom stereocenters. The summed E-state index contributed by atoms with van der Waals surface area (Å²) >= 11 is 0. The topological polar surface area (TPSA) is 112 Å². The number of ether oxygens (including phenoxy) is 4. The monoisotopic (exact) mass is 1050 g/mol. The zero-order valence-electron chi connectivity index (χ0n) is 47.7. The number of benzene rings is 4. The SMILES string of the molecule is CCCCCCCCCCCCOc1cc(COc2ccc(/C=C/c3ccc(-c4ccc(C=C5C(=O)NC(=O)NC5=O)cc4)cc3)cc2)cc(OCCCCCCCCCCCC)c1OCCCCCCCCCCCC. The van der Waals surface area contributed by atoms with Gasteiger partial charge in [0.1, 0.15) is 17.9 Å². The van der Waals surface area contributed by atoms with Crippen molar-refractivity contribution in [2.45, 2.75) is 220 Å². The highest BCUT2D eigenvalue weighted by Gasteiger charge is 2.27. The minimum absolute atomic E-state index is 0.111. The maximum atomic E-state index is 12.1. The quantitative estimate of drug-likeness (QED) is 0.0197. The lowest BCUT2D eigenvalue weighted by Crippen LogP contribution is -2.51. The molecular formula is C68H96N2O7. The van der Waals surface area contributed by atoms with Crippen molar-refractivity contribution < 1.29 is 33.3 Å². The molecule has 4 aromatic carbocycles. The molecule has 1 saturated heterocycles. The van der Waals surface area contributed by atoms with Gasteiger partial charge in [0.25, 0.3) is 11.8 Å². The highest BCUT2D eigenvalue weighted by atomic mass is 16.5. The molecule has 420 valence electrons. The van der Waals surface area contributed by atoms with Gasteiger partial charge in [0.2, 0.25) is 5.75 Å². The number of barbiturate groups is 1. The van der Waals surface area contributed by atoms with Gasteiger partial charge in [-0.2, -0.15) is 0 Å². The first kappa shape index (κ1) is 62.0. The van der Waals surface area contributed by atoms with Crippen LogP contribution in [0.15, 0.2) is 90.5 Å². The first-order valence-electron chi connectivity index (χ1n) is 30.4. The van der Waals surface area contributed by atoms with Crippen molar-refractivity contribution in [1.82, 2.24) is 10.6 Å². The van der Waals surface area contributed by atoms with Crippen LogP contribution in [0.3, 0.4) is 0 Å². The van der Waals surface area contributed by atoms with E-state index in [-0.39, 0.29) is 5.57 Å². The van der Waals surface area contributed by atoms with Gasteiger partial charge in [0, 0.05) is 0 Å². The smallest absolute Gasteiger partial charge is 0.328 e. The fraction of sp³-hybridized carbons (Fsp3) is 0.544. The number of hydrogen-bond donors (Lipinski definition) is 2. The average Bonchev–Trinajstić information content (AvgIpc) is 3.45. The second-order valence-electron chi connectivity index (χ2n) is 21.2. The van der Waals surface area contributed by atoms with E-state index in [4.69, 9.17) is 18.9 Å². The van der Waals surface area contributed by atoms with Gasteiger partial charge >= 0.3 is 6.03 Å². The van der Waals surface area contributed by atoms with Gasteiger partial charge in [0.05, 0.1) is 19.8 Å². The van der Waals surface area contributed by atoms with Gasteiger partial charge < -0.3 is 18.9 Å². The zero-order chi connectivity index (χ0) is 54.4. The van der Waals surface area contributed by atoms with Crippen molar-refractivity contribution in [2.24, 2.45) is 0 Å². The van der Waals surface area contributed by atoms with Crippen LogP contribution in [-0.2, 0) is 16.2 Å². The predicted octanol–water partition coefficient (Wildman–Crippen LogP) is 18.8. The molecule has 0 spiro atoms. The Hall–Kier alpha value is -5.83. The van der Waals surface area contributed by atoms with E-state index >= 15 is 0 Å². The molecule has 0 atom stereocenters. The van der Waals surface area contributed by atoms with E-state index in [1.807, 2.05) is 36.4 Å². The van der Waals surface area contributed by atoms with Crippen LogP contribution in [0.4, 0.5) is 4.79 Å². The van der Waals surface area contributed by atoms with Crippen molar-refractivity contribution in [3.05, 3.63) is 113 Å². The molecule has 77 heavy (non-hydrogen) atoms. The summed E-state index contributed by atoms with van der Waals surface area (Å²) in [7, 11) is 0. The molecule has 0 bridgehead atoms. The molecule has 0 saturated carbocycles. The third-order valence-electron chi connectivity index (χ3n) is 14.5. The first-order valence-corrected chi connectivity index (χ1v) is 30.4. The van der Waals surface area contributed by atoms with Crippen LogP contribution in [0.5, 0.6) is 23.0 Å². The largest absolute Gasteiger partial charge is 0.490 e. The van der Waals surface area contributed by atoms with Gasteiger partial charge in [-0.05, 0) is 83.0 Å². The number of rotatable bonds is 43. The van der Waals surface area contributed by atoms with Crippen LogP contribution in [0.1, 0.15) is 236 Å². The molecule has 1 aliphatic heterocycles. The maximum absolute atomic E-state index is 12.1. The fourth-order valence-corrected chi connectivity index (χ4v) is 9.74. The summed E-state index contributed by atoms with van der Waals surface area (Å²) in [4.78, 5) is 35.7. The Kier molecular flexibility index (Phi) is 31.1. The lowest BCUT2D eigenvalue weighted by Gasteiger charge is -2.19. The van der Waals surface area contributed by atoms with Gasteiger partial charge in [-0.1, -0.05) is 267 Å². The number of hydrogen-bond acceptors (Lipinski definition) is 7. The maximum Gasteiger partial charge on any atom is 0.328 e. The molecule has 0 aromatic heterocycles. The minimum atomic E-state index is -0.814. The molecule has 2 N–H and O–H groups in total. The van der Waals surface area contributed by atoms with Crippen LogP contribution in [0, 0.1) is 0 Å². The highest BCUT2D eigenvalue weighted by molar-refractivity contribution is 6.31. The van der Waals surface area contributed by atoms with E-state index in [0.717, 1.165) is 70.1 Å². The number of nitrogens with one attached hydrogen (secondary N) is 2. The third kappa shape index (κ3) is 25.5. The van der Waals surface area contributed by atoms with Crippen LogP contribution >= 0.6 is 0 Å². The van der Waals surface area contributed by atoms with E-state index in [9.17, 15) is 14.4 Å². The standard InChI is InChI=1S/C68H96N2O7/c1-4-7-10-13-16-19-22-25-28-31-48-74-63-52-58(53-64(75-49-32-29-26-23-20-17-14-11-8-5-2)65(63)76-50-33-30-27-24-21-18-15-12-9-6-3)54-77-61-46-40-56(41-47-61)35-34-55-36-42-59(43-37-55)60-44-38-57(39-45-60)51-62-66(71)69-68(73)70-67(62)72/h34-47,51-53H,4-33,48-50,54H2,1-3H3,(H2,69,70,71,72,73)/b35-34+. The predicted molar refractivity (Wildman–Crippen MR) is 320 cm³/mol. The number of amides is 4. The summed E-state index contributed by atoms with van der Waals surface area (Å²) in [6.07, 6.45) is 44.1. The normalized spacial score (nSPS) is 12.5. The molecule has 0 aliphatic carbocycles. The van der Waals surface area contributed by atoms with Crippen molar-refractivity contribution in [3.63, 3.8) is 0 Å². The molecule has 5 rings (SSSR count). The summed E-state index contributed by atoms with van der Waals surface area (Å²) < 4.78 is 26.4. The summed E-state index contributed by atoms with van der Waals surface area (Å²) in [5.41, 5.74) is 5.72. The van der Waals surface area contributed by atoms with Crippen LogP contribution in [0.2, 0.25) is 0 Å². The second-order valence-corrected chi connectivity index (χ2v) is 21.2. The van der Waals surface area contributed by atoms with E-state index in [0.29, 0.717) is 32.0 Å². The minimum Gasteiger partial charge on any atom is -0.490 e. The lowest BCUT2D eigenvalue weighted by atomic mass is 10.0. The van der Waals surface area contributed by atoms with Crippen molar-refractivity contribution in [1.29, 1.82) is 0 Å². The Labute approximate surface area is 464 Å². The van der Waals surface area contributed by atoms with Gasteiger partial charge in [-0.25, -0.2) is 4.79 Å².